The van der Waals surface area contributed by atoms with E-state index in [1.165, 1.54) is 6.07 Å². The first-order valence-electron chi connectivity index (χ1n) is 9.04. The quantitative estimate of drug-likeness (QED) is 0.816. The predicted molar refractivity (Wildman–Crippen MR) is 90.1 cm³/mol. The van der Waals surface area contributed by atoms with Crippen LogP contribution in [-0.2, 0) is 20.5 Å². The molecule has 8 heteroatoms. The van der Waals surface area contributed by atoms with Crippen molar-refractivity contribution in [2.45, 2.75) is 43.8 Å². The number of carbonyl (C=O) groups is 2. The molecule has 2 fully saturated rings. The van der Waals surface area contributed by atoms with Crippen LogP contribution in [0.1, 0.15) is 42.7 Å². The number of carboxylic acids is 1. The zero-order valence-corrected chi connectivity index (χ0v) is 14.7. The second-order valence-electron chi connectivity index (χ2n) is 7.09. The number of ether oxygens (including phenoxy) is 1. The fraction of sp³-hybridized carbons (Fsp3) is 0.579. The molecule has 1 saturated heterocycles. The Labute approximate surface area is 155 Å². The van der Waals surface area contributed by atoms with Gasteiger partial charge >= 0.3 is 12.1 Å². The molecule has 1 saturated carbocycles. The number of rotatable bonds is 6. The maximum Gasteiger partial charge on any atom is 0.416 e. The van der Waals surface area contributed by atoms with Crippen LogP contribution in [0.25, 0.3) is 0 Å². The number of amides is 1. The Morgan fingerprint density at radius 1 is 1.22 bits per heavy atom. The van der Waals surface area contributed by atoms with Gasteiger partial charge in [-0.25, -0.2) is 0 Å². The van der Waals surface area contributed by atoms with Gasteiger partial charge in [0.2, 0.25) is 5.91 Å². The third kappa shape index (κ3) is 4.80. The van der Waals surface area contributed by atoms with E-state index >= 15 is 0 Å². The van der Waals surface area contributed by atoms with Crippen LogP contribution in [0.2, 0.25) is 0 Å². The van der Waals surface area contributed by atoms with Crippen molar-refractivity contribution in [2.24, 2.45) is 5.92 Å². The number of carboxylic acid groups (broad SMARTS) is 1. The number of benzene rings is 1. The van der Waals surface area contributed by atoms with E-state index in [9.17, 15) is 22.8 Å². The van der Waals surface area contributed by atoms with Crippen molar-refractivity contribution in [1.82, 2.24) is 4.90 Å². The lowest BCUT2D eigenvalue weighted by molar-refractivity contribution is -0.141. The largest absolute Gasteiger partial charge is 0.481 e. The highest BCUT2D eigenvalue weighted by molar-refractivity contribution is 5.83. The Hall–Kier alpha value is -2.09. The van der Waals surface area contributed by atoms with E-state index in [-0.39, 0.29) is 36.8 Å². The van der Waals surface area contributed by atoms with Gasteiger partial charge in [-0.2, -0.15) is 13.2 Å². The Bertz CT molecular complexity index is 700. The molecule has 1 aromatic rings. The molecule has 0 aromatic heterocycles. The number of hydrogen-bond donors (Lipinski definition) is 1. The van der Waals surface area contributed by atoms with Crippen molar-refractivity contribution in [3.8, 4) is 0 Å². The first kappa shape index (κ1) is 19.7. The summed E-state index contributed by atoms with van der Waals surface area (Å²) in [5.74, 6) is -1.77. The van der Waals surface area contributed by atoms with E-state index in [1.807, 2.05) is 0 Å². The van der Waals surface area contributed by atoms with E-state index in [0.29, 0.717) is 38.0 Å². The van der Waals surface area contributed by atoms with Gasteiger partial charge in [0, 0.05) is 31.7 Å². The third-order valence-corrected chi connectivity index (χ3v) is 5.23. The normalized spacial score (nSPS) is 23.1. The van der Waals surface area contributed by atoms with Gasteiger partial charge in [-0.3, -0.25) is 9.59 Å². The van der Waals surface area contributed by atoms with Gasteiger partial charge in [0.05, 0.1) is 12.0 Å². The topological polar surface area (TPSA) is 66.8 Å². The van der Waals surface area contributed by atoms with Crippen LogP contribution in [0.15, 0.2) is 24.3 Å². The molecular weight excluding hydrogens is 363 g/mol. The molecule has 0 unspecified atom stereocenters. The summed E-state index contributed by atoms with van der Waals surface area (Å²) in [6, 6.07) is 5.02. The number of aliphatic carboxylic acids is 1. The van der Waals surface area contributed by atoms with Crippen molar-refractivity contribution >= 4 is 11.9 Å². The Kier molecular flexibility index (Phi) is 5.74. The average molecular weight is 385 g/mol. The molecule has 1 amide bonds. The van der Waals surface area contributed by atoms with Gasteiger partial charge in [-0.1, -0.05) is 18.2 Å². The van der Waals surface area contributed by atoms with E-state index in [0.717, 1.165) is 12.1 Å². The first-order chi connectivity index (χ1) is 12.8. The summed E-state index contributed by atoms with van der Waals surface area (Å²) in [6.45, 7) is 1.15. The van der Waals surface area contributed by atoms with E-state index in [2.05, 4.69) is 0 Å². The maximum absolute atomic E-state index is 13.0. The molecule has 2 aliphatic rings. The highest BCUT2D eigenvalue weighted by Crippen LogP contribution is 2.49. The molecule has 0 spiro atoms. The molecule has 3 rings (SSSR count). The first-order valence-corrected chi connectivity index (χ1v) is 9.04. The Balaban J connectivity index is 1.71. The lowest BCUT2D eigenvalue weighted by Gasteiger charge is -2.34. The molecule has 27 heavy (non-hydrogen) atoms. The van der Waals surface area contributed by atoms with Crippen molar-refractivity contribution < 1.29 is 32.6 Å². The monoisotopic (exact) mass is 385 g/mol. The summed E-state index contributed by atoms with van der Waals surface area (Å²) in [4.78, 5) is 25.5. The second-order valence-corrected chi connectivity index (χ2v) is 7.09. The average Bonchev–Trinajstić information content (AvgIpc) is 3.42. The number of halogens is 3. The minimum Gasteiger partial charge on any atom is -0.481 e. The lowest BCUT2D eigenvalue weighted by Crippen LogP contribution is -2.45. The van der Waals surface area contributed by atoms with E-state index in [1.54, 1.807) is 11.0 Å². The van der Waals surface area contributed by atoms with Crippen LogP contribution >= 0.6 is 0 Å². The van der Waals surface area contributed by atoms with E-state index < -0.39 is 17.7 Å². The smallest absolute Gasteiger partial charge is 0.416 e. The molecule has 0 radical (unpaired) electrons. The van der Waals surface area contributed by atoms with Crippen molar-refractivity contribution in [2.75, 3.05) is 19.8 Å². The summed E-state index contributed by atoms with van der Waals surface area (Å²) in [7, 11) is 0. The summed E-state index contributed by atoms with van der Waals surface area (Å²) in [6.07, 6.45) is -2.78. The molecule has 0 bridgehead atoms. The minimum absolute atomic E-state index is 0.0756. The van der Waals surface area contributed by atoms with Crippen LogP contribution in [0.4, 0.5) is 13.2 Å². The standard InChI is InChI=1S/C19H22F3NO4/c20-19(21,22)13-3-1-2-12(10-13)15-11-16(15)18(26)23(7-4-17(24)25)14-5-8-27-9-6-14/h1-3,10,14-16H,4-9,11H2,(H,24,25)/t15-,16-/m0/s1. The fourth-order valence-corrected chi connectivity index (χ4v) is 3.68. The second kappa shape index (κ2) is 7.88. The molecular formula is C19H22F3NO4. The summed E-state index contributed by atoms with van der Waals surface area (Å²) in [5, 5.41) is 8.96. The highest BCUT2D eigenvalue weighted by Gasteiger charge is 2.47. The fourth-order valence-electron chi connectivity index (χ4n) is 3.68. The molecule has 1 aromatic carbocycles. The van der Waals surface area contributed by atoms with Crippen molar-refractivity contribution in [1.29, 1.82) is 0 Å². The van der Waals surface area contributed by atoms with Crippen molar-refractivity contribution in [3.05, 3.63) is 35.4 Å². The molecule has 148 valence electrons. The summed E-state index contributed by atoms with van der Waals surface area (Å²) in [5.41, 5.74) is -0.210. The molecule has 1 heterocycles. The van der Waals surface area contributed by atoms with Crippen molar-refractivity contribution in [3.63, 3.8) is 0 Å². The van der Waals surface area contributed by atoms with E-state index in [4.69, 9.17) is 9.84 Å². The van der Waals surface area contributed by atoms with Gasteiger partial charge in [0.25, 0.3) is 0 Å². The zero-order valence-electron chi connectivity index (χ0n) is 14.7. The molecule has 5 nitrogen and oxygen atoms in total. The zero-order chi connectivity index (χ0) is 19.6. The number of carbonyl (C=O) groups excluding carboxylic acids is 1. The predicted octanol–water partition coefficient (Wildman–Crippen LogP) is 3.29. The number of alkyl halides is 3. The SMILES string of the molecule is O=C(O)CCN(C(=O)[C@H]1C[C@H]1c1cccc(C(F)(F)F)c1)C1CCOCC1. The van der Waals surface area contributed by atoms with Gasteiger partial charge < -0.3 is 14.7 Å². The lowest BCUT2D eigenvalue weighted by atomic mass is 10.0. The summed E-state index contributed by atoms with van der Waals surface area (Å²) < 4.78 is 44.0. The van der Waals surface area contributed by atoms with Crippen LogP contribution in [0.3, 0.4) is 0 Å². The number of hydrogen-bond acceptors (Lipinski definition) is 3. The molecule has 1 aliphatic carbocycles. The van der Waals surface area contributed by atoms with Crippen LogP contribution in [-0.4, -0.2) is 47.7 Å². The Morgan fingerprint density at radius 3 is 2.56 bits per heavy atom. The van der Waals surface area contributed by atoms with Gasteiger partial charge in [0.15, 0.2) is 0 Å². The minimum atomic E-state index is -4.42. The van der Waals surface area contributed by atoms with Gasteiger partial charge in [-0.05, 0) is 36.8 Å². The third-order valence-electron chi connectivity index (χ3n) is 5.23. The highest BCUT2D eigenvalue weighted by atomic mass is 19.4. The molecule has 2 atom stereocenters. The summed E-state index contributed by atoms with van der Waals surface area (Å²) >= 11 is 0. The van der Waals surface area contributed by atoms with Crippen LogP contribution in [0, 0.1) is 5.92 Å². The molecule has 1 N–H and O–H groups in total. The van der Waals surface area contributed by atoms with Crippen LogP contribution < -0.4 is 0 Å². The number of nitrogens with zero attached hydrogens (tertiary/aromatic N) is 1. The maximum atomic E-state index is 13.0. The van der Waals surface area contributed by atoms with Gasteiger partial charge in [-0.15, -0.1) is 0 Å². The Morgan fingerprint density at radius 2 is 1.93 bits per heavy atom. The van der Waals surface area contributed by atoms with Gasteiger partial charge in [0.1, 0.15) is 0 Å². The molecule has 1 aliphatic heterocycles. The van der Waals surface area contributed by atoms with Crippen LogP contribution in [0.5, 0.6) is 0 Å².